The molecular formula is C16H17N3O4. The molecule has 4 N–H and O–H groups in total. The minimum Gasteiger partial charge on any atom is -0.507 e. The summed E-state index contributed by atoms with van der Waals surface area (Å²) in [5.74, 6) is -1.73. The number of nitrogens with one attached hydrogen (secondary N) is 3. The van der Waals surface area contributed by atoms with Crippen molar-refractivity contribution in [3.63, 3.8) is 0 Å². The van der Waals surface area contributed by atoms with Crippen LogP contribution in [0.15, 0.2) is 36.4 Å². The summed E-state index contributed by atoms with van der Waals surface area (Å²) in [5.41, 5.74) is 0.431. The van der Waals surface area contributed by atoms with E-state index in [4.69, 9.17) is 0 Å². The maximum Gasteiger partial charge on any atom is 0.313 e. The molecule has 0 saturated heterocycles. The van der Waals surface area contributed by atoms with Crippen LogP contribution in [0.5, 0.6) is 5.75 Å². The van der Waals surface area contributed by atoms with Crippen LogP contribution in [-0.4, -0.2) is 35.9 Å². The van der Waals surface area contributed by atoms with E-state index < -0.39 is 11.8 Å². The third kappa shape index (κ3) is 4.19. The molecule has 0 spiro atoms. The van der Waals surface area contributed by atoms with Crippen LogP contribution in [0.2, 0.25) is 0 Å². The van der Waals surface area contributed by atoms with Gasteiger partial charge in [0.1, 0.15) is 5.75 Å². The van der Waals surface area contributed by atoms with E-state index in [9.17, 15) is 19.5 Å². The minimum absolute atomic E-state index is 0.0957. The quantitative estimate of drug-likeness (QED) is 0.493. The average molecular weight is 315 g/mol. The van der Waals surface area contributed by atoms with Crippen molar-refractivity contribution in [2.24, 2.45) is 0 Å². The fraction of sp³-hybridized carbons (Fsp3) is 0.188. The van der Waals surface area contributed by atoms with Crippen LogP contribution < -0.4 is 16.0 Å². The fourth-order valence-corrected chi connectivity index (χ4v) is 2.08. The Labute approximate surface area is 132 Å². The van der Waals surface area contributed by atoms with Gasteiger partial charge in [0.2, 0.25) is 5.91 Å². The first-order chi connectivity index (χ1) is 11.0. The van der Waals surface area contributed by atoms with Gasteiger partial charge in [-0.2, -0.15) is 0 Å². The van der Waals surface area contributed by atoms with E-state index in [1.165, 1.54) is 6.92 Å². The SMILES string of the molecule is CC(=O)NCCNC(=O)C(=O)Nc1cccc2c(O)cccc12. The van der Waals surface area contributed by atoms with Crippen molar-refractivity contribution in [2.75, 3.05) is 18.4 Å². The van der Waals surface area contributed by atoms with Crippen LogP contribution in [0.4, 0.5) is 5.69 Å². The summed E-state index contributed by atoms with van der Waals surface area (Å²) in [6, 6.07) is 9.97. The van der Waals surface area contributed by atoms with Gasteiger partial charge in [-0.15, -0.1) is 0 Å². The Kier molecular flexibility index (Phi) is 5.14. The highest BCUT2D eigenvalue weighted by Crippen LogP contribution is 2.29. The molecule has 0 aromatic heterocycles. The van der Waals surface area contributed by atoms with Crippen molar-refractivity contribution >= 4 is 34.2 Å². The Morgan fingerprint density at radius 1 is 0.913 bits per heavy atom. The van der Waals surface area contributed by atoms with E-state index in [1.807, 2.05) is 0 Å². The molecule has 0 unspecified atom stereocenters. The number of benzene rings is 2. The van der Waals surface area contributed by atoms with Gasteiger partial charge in [-0.25, -0.2) is 0 Å². The Hall–Kier alpha value is -3.09. The monoisotopic (exact) mass is 315 g/mol. The maximum atomic E-state index is 11.9. The Bertz CT molecular complexity index is 758. The molecule has 7 nitrogen and oxygen atoms in total. The van der Waals surface area contributed by atoms with E-state index in [0.29, 0.717) is 16.5 Å². The molecule has 0 bridgehead atoms. The number of phenols is 1. The third-order valence-corrected chi connectivity index (χ3v) is 3.14. The molecule has 3 amide bonds. The van der Waals surface area contributed by atoms with Crippen LogP contribution >= 0.6 is 0 Å². The summed E-state index contributed by atoms with van der Waals surface area (Å²) in [6.45, 7) is 1.77. The van der Waals surface area contributed by atoms with E-state index in [2.05, 4.69) is 16.0 Å². The van der Waals surface area contributed by atoms with Crippen molar-refractivity contribution in [3.8, 4) is 5.75 Å². The molecule has 0 aliphatic carbocycles. The largest absolute Gasteiger partial charge is 0.507 e. The van der Waals surface area contributed by atoms with Crippen LogP contribution in [0.25, 0.3) is 10.8 Å². The lowest BCUT2D eigenvalue weighted by atomic mass is 10.1. The van der Waals surface area contributed by atoms with Crippen molar-refractivity contribution in [1.82, 2.24) is 10.6 Å². The van der Waals surface area contributed by atoms with Crippen LogP contribution in [-0.2, 0) is 14.4 Å². The molecular weight excluding hydrogens is 298 g/mol. The second kappa shape index (κ2) is 7.26. The van der Waals surface area contributed by atoms with Crippen molar-refractivity contribution in [3.05, 3.63) is 36.4 Å². The first-order valence-corrected chi connectivity index (χ1v) is 7.03. The van der Waals surface area contributed by atoms with Crippen molar-refractivity contribution in [2.45, 2.75) is 6.92 Å². The molecule has 0 aliphatic rings. The lowest BCUT2D eigenvalue weighted by molar-refractivity contribution is -0.136. The maximum absolute atomic E-state index is 11.9. The molecule has 7 heteroatoms. The number of phenolic OH excluding ortho intramolecular Hbond substituents is 1. The van der Waals surface area contributed by atoms with E-state index in [-0.39, 0.29) is 24.7 Å². The van der Waals surface area contributed by atoms with Gasteiger partial charge in [0.05, 0.1) is 0 Å². The highest BCUT2D eigenvalue weighted by molar-refractivity contribution is 6.40. The molecule has 0 atom stereocenters. The smallest absolute Gasteiger partial charge is 0.313 e. The fourth-order valence-electron chi connectivity index (χ4n) is 2.08. The highest BCUT2D eigenvalue weighted by Gasteiger charge is 2.14. The van der Waals surface area contributed by atoms with Gasteiger partial charge in [0, 0.05) is 36.5 Å². The zero-order chi connectivity index (χ0) is 16.8. The number of amides is 3. The number of carbonyl (C=O) groups excluding carboxylic acids is 3. The molecule has 0 radical (unpaired) electrons. The molecule has 0 fully saturated rings. The Morgan fingerprint density at radius 2 is 1.57 bits per heavy atom. The van der Waals surface area contributed by atoms with Gasteiger partial charge in [-0.05, 0) is 12.1 Å². The van der Waals surface area contributed by atoms with Crippen molar-refractivity contribution in [1.29, 1.82) is 0 Å². The minimum atomic E-state index is -0.816. The average Bonchev–Trinajstić information content (AvgIpc) is 2.52. The lowest BCUT2D eigenvalue weighted by Gasteiger charge is -2.10. The van der Waals surface area contributed by atoms with Gasteiger partial charge in [0.15, 0.2) is 0 Å². The van der Waals surface area contributed by atoms with Crippen LogP contribution in [0.3, 0.4) is 0 Å². The summed E-state index contributed by atoms with van der Waals surface area (Å²) in [7, 11) is 0. The summed E-state index contributed by atoms with van der Waals surface area (Å²) >= 11 is 0. The van der Waals surface area contributed by atoms with Crippen LogP contribution in [0.1, 0.15) is 6.92 Å². The van der Waals surface area contributed by atoms with Crippen molar-refractivity contribution < 1.29 is 19.5 Å². The van der Waals surface area contributed by atoms with Gasteiger partial charge in [-0.3, -0.25) is 14.4 Å². The number of aromatic hydroxyl groups is 1. The summed E-state index contributed by atoms with van der Waals surface area (Å²) in [5, 5.41) is 18.4. The van der Waals surface area contributed by atoms with Crippen LogP contribution in [0, 0.1) is 0 Å². The van der Waals surface area contributed by atoms with E-state index >= 15 is 0 Å². The first-order valence-electron chi connectivity index (χ1n) is 7.03. The molecule has 0 aliphatic heterocycles. The number of anilines is 1. The number of hydrogen-bond donors (Lipinski definition) is 4. The molecule has 120 valence electrons. The second-order valence-electron chi connectivity index (χ2n) is 4.87. The van der Waals surface area contributed by atoms with Gasteiger partial charge in [-0.1, -0.05) is 24.3 Å². The molecule has 0 heterocycles. The number of hydrogen-bond acceptors (Lipinski definition) is 4. The topological polar surface area (TPSA) is 108 Å². The second-order valence-corrected chi connectivity index (χ2v) is 4.87. The summed E-state index contributed by atoms with van der Waals surface area (Å²) < 4.78 is 0. The normalized spacial score (nSPS) is 10.1. The first kappa shape index (κ1) is 16.3. The predicted octanol–water partition coefficient (Wildman–Crippen LogP) is 0.736. The number of carbonyl (C=O) groups is 3. The highest BCUT2D eigenvalue weighted by atomic mass is 16.3. The van der Waals surface area contributed by atoms with Gasteiger partial charge in [0.25, 0.3) is 0 Å². The Balaban J connectivity index is 2.02. The lowest BCUT2D eigenvalue weighted by Crippen LogP contribution is -2.39. The summed E-state index contributed by atoms with van der Waals surface area (Å²) in [4.78, 5) is 34.3. The van der Waals surface area contributed by atoms with Gasteiger partial charge >= 0.3 is 11.8 Å². The Morgan fingerprint density at radius 3 is 2.30 bits per heavy atom. The zero-order valence-electron chi connectivity index (χ0n) is 12.6. The number of fused-ring (bicyclic) bond motifs is 1. The molecule has 2 aromatic carbocycles. The summed E-state index contributed by atoms with van der Waals surface area (Å²) in [6.07, 6.45) is 0. The number of rotatable bonds is 4. The van der Waals surface area contributed by atoms with E-state index in [0.717, 1.165) is 0 Å². The molecule has 23 heavy (non-hydrogen) atoms. The predicted molar refractivity (Wildman–Crippen MR) is 85.9 cm³/mol. The molecule has 2 rings (SSSR count). The standard InChI is InChI=1S/C16H17N3O4/c1-10(20)17-8-9-18-15(22)16(23)19-13-6-2-5-12-11(13)4-3-7-14(12)21/h2-7,21H,8-9H2,1H3,(H,17,20)(H,18,22)(H,19,23). The molecule has 2 aromatic rings. The molecule has 0 saturated carbocycles. The van der Waals surface area contributed by atoms with Gasteiger partial charge < -0.3 is 21.1 Å². The van der Waals surface area contributed by atoms with E-state index in [1.54, 1.807) is 36.4 Å². The third-order valence-electron chi connectivity index (χ3n) is 3.14. The zero-order valence-corrected chi connectivity index (χ0v) is 12.6.